The molecule has 4 rings (SSSR count). The van der Waals surface area contributed by atoms with Gasteiger partial charge in [0.1, 0.15) is 0 Å². The maximum atomic E-state index is 12.5. The van der Waals surface area contributed by atoms with Gasteiger partial charge in [0.25, 0.3) is 0 Å². The zero-order valence-corrected chi connectivity index (χ0v) is 10.4. The zero-order chi connectivity index (χ0) is 12.3. The molecule has 4 heteroatoms. The standard InChI is InChI=1S/C14H16N2O2/c1-18-14-12(15-4-5-16-14)13(17)11-9-7-2-3-8(6-7)10(9)11/h4-5,7-11H,2-3,6H2,1H3. The lowest BCUT2D eigenvalue weighted by Crippen LogP contribution is -2.13. The topological polar surface area (TPSA) is 52.1 Å². The maximum absolute atomic E-state index is 12.5. The second-order valence-corrected chi connectivity index (χ2v) is 5.79. The molecule has 1 heterocycles. The first kappa shape index (κ1) is 10.5. The van der Waals surface area contributed by atoms with E-state index in [2.05, 4.69) is 9.97 Å². The second kappa shape index (κ2) is 3.53. The number of ether oxygens (including phenoxy) is 1. The highest BCUT2D eigenvalue weighted by atomic mass is 16.5. The SMILES string of the molecule is COc1nccnc1C(=O)C1C2C3CCC(C3)C12. The average Bonchev–Trinajstić information content (AvgIpc) is 2.85. The van der Waals surface area contributed by atoms with Crippen molar-refractivity contribution < 1.29 is 9.53 Å². The first-order valence-electron chi connectivity index (χ1n) is 6.70. The summed E-state index contributed by atoms with van der Waals surface area (Å²) in [4.78, 5) is 20.8. The molecule has 0 N–H and O–H groups in total. The number of nitrogens with zero attached hydrogens (tertiary/aromatic N) is 2. The Morgan fingerprint density at radius 3 is 2.56 bits per heavy atom. The highest BCUT2D eigenvalue weighted by Gasteiger charge is 2.67. The Bertz CT molecular complexity index is 500. The van der Waals surface area contributed by atoms with E-state index in [9.17, 15) is 4.79 Å². The summed E-state index contributed by atoms with van der Waals surface area (Å²) in [5.74, 6) is 3.63. The van der Waals surface area contributed by atoms with Gasteiger partial charge in [0.05, 0.1) is 7.11 Å². The summed E-state index contributed by atoms with van der Waals surface area (Å²) in [5.41, 5.74) is 0.429. The van der Waals surface area contributed by atoms with Gasteiger partial charge < -0.3 is 4.74 Å². The Labute approximate surface area is 106 Å². The summed E-state index contributed by atoms with van der Waals surface area (Å²) in [6.45, 7) is 0. The van der Waals surface area contributed by atoms with Gasteiger partial charge in [-0.1, -0.05) is 0 Å². The molecular weight excluding hydrogens is 228 g/mol. The van der Waals surface area contributed by atoms with Crippen molar-refractivity contribution in [2.24, 2.45) is 29.6 Å². The molecule has 0 amide bonds. The van der Waals surface area contributed by atoms with Gasteiger partial charge in [0.2, 0.25) is 5.88 Å². The molecule has 4 atom stereocenters. The monoisotopic (exact) mass is 244 g/mol. The van der Waals surface area contributed by atoms with Crippen LogP contribution in [0.15, 0.2) is 12.4 Å². The Hall–Kier alpha value is -1.45. The van der Waals surface area contributed by atoms with Gasteiger partial charge in [-0.25, -0.2) is 9.97 Å². The van der Waals surface area contributed by atoms with Crippen LogP contribution in [0.2, 0.25) is 0 Å². The van der Waals surface area contributed by atoms with E-state index in [1.165, 1.54) is 26.4 Å². The molecule has 0 saturated heterocycles. The number of hydrogen-bond acceptors (Lipinski definition) is 4. The van der Waals surface area contributed by atoms with Gasteiger partial charge in [-0.2, -0.15) is 0 Å². The first-order valence-corrected chi connectivity index (χ1v) is 6.70. The molecular formula is C14H16N2O2. The van der Waals surface area contributed by atoms with Crippen molar-refractivity contribution in [1.29, 1.82) is 0 Å². The average molecular weight is 244 g/mol. The number of carbonyl (C=O) groups excluding carboxylic acids is 1. The minimum absolute atomic E-state index is 0.159. The van der Waals surface area contributed by atoms with Crippen LogP contribution in [-0.4, -0.2) is 22.9 Å². The smallest absolute Gasteiger partial charge is 0.243 e. The number of Topliss-reactive ketones (excluding diaryl/α,β-unsaturated/α-hetero) is 1. The van der Waals surface area contributed by atoms with Gasteiger partial charge >= 0.3 is 0 Å². The fraction of sp³-hybridized carbons (Fsp3) is 0.643. The fourth-order valence-electron chi connectivity index (χ4n) is 4.48. The van der Waals surface area contributed by atoms with Crippen LogP contribution in [0.4, 0.5) is 0 Å². The lowest BCUT2D eigenvalue weighted by Gasteiger charge is -2.08. The molecule has 0 radical (unpaired) electrons. The number of hydrogen-bond donors (Lipinski definition) is 0. The predicted molar refractivity (Wildman–Crippen MR) is 64.2 cm³/mol. The minimum Gasteiger partial charge on any atom is -0.479 e. The van der Waals surface area contributed by atoms with Crippen molar-refractivity contribution in [2.75, 3.05) is 7.11 Å². The van der Waals surface area contributed by atoms with Crippen LogP contribution < -0.4 is 4.74 Å². The number of aromatic nitrogens is 2. The number of ketones is 1. The number of fused-ring (bicyclic) bond motifs is 5. The number of carbonyl (C=O) groups is 1. The first-order chi connectivity index (χ1) is 8.81. The number of rotatable bonds is 3. The molecule has 0 aromatic carbocycles. The van der Waals surface area contributed by atoms with E-state index in [-0.39, 0.29) is 11.7 Å². The maximum Gasteiger partial charge on any atom is 0.243 e. The quantitative estimate of drug-likeness (QED) is 0.763. The third-order valence-electron chi connectivity index (χ3n) is 5.13. The summed E-state index contributed by atoms with van der Waals surface area (Å²) in [6.07, 6.45) is 7.15. The van der Waals surface area contributed by atoms with Crippen LogP contribution in [0, 0.1) is 29.6 Å². The normalized spacial score (nSPS) is 39.5. The van der Waals surface area contributed by atoms with Gasteiger partial charge in [-0.05, 0) is 42.9 Å². The van der Waals surface area contributed by atoms with Gasteiger partial charge in [-0.3, -0.25) is 4.79 Å². The Balaban J connectivity index is 1.62. The Morgan fingerprint density at radius 1 is 1.22 bits per heavy atom. The molecule has 1 aromatic rings. The zero-order valence-electron chi connectivity index (χ0n) is 10.4. The van der Waals surface area contributed by atoms with Crippen LogP contribution in [0.5, 0.6) is 5.88 Å². The molecule has 2 bridgehead atoms. The van der Waals surface area contributed by atoms with E-state index in [1.54, 1.807) is 12.4 Å². The Morgan fingerprint density at radius 2 is 1.89 bits per heavy atom. The summed E-state index contributed by atoms with van der Waals surface area (Å²) in [5, 5.41) is 0. The van der Waals surface area contributed by atoms with Gasteiger partial charge in [-0.15, -0.1) is 0 Å². The second-order valence-electron chi connectivity index (χ2n) is 5.79. The fourth-order valence-corrected chi connectivity index (χ4v) is 4.48. The Kier molecular flexibility index (Phi) is 2.05. The molecule has 0 aliphatic heterocycles. The molecule has 3 saturated carbocycles. The summed E-state index contributed by atoms with van der Waals surface area (Å²) in [6, 6.07) is 0. The lowest BCUT2D eigenvalue weighted by molar-refractivity contribution is 0.0935. The highest BCUT2D eigenvalue weighted by molar-refractivity contribution is 6.00. The molecule has 4 nitrogen and oxygen atoms in total. The van der Waals surface area contributed by atoms with Crippen LogP contribution in [-0.2, 0) is 0 Å². The van der Waals surface area contributed by atoms with Crippen molar-refractivity contribution in [3.63, 3.8) is 0 Å². The molecule has 1 aromatic heterocycles. The van der Waals surface area contributed by atoms with Crippen molar-refractivity contribution in [2.45, 2.75) is 19.3 Å². The molecule has 3 aliphatic carbocycles. The summed E-state index contributed by atoms with van der Waals surface area (Å²) < 4.78 is 5.14. The third-order valence-corrected chi connectivity index (χ3v) is 5.13. The molecule has 3 fully saturated rings. The third kappa shape index (κ3) is 1.23. The largest absolute Gasteiger partial charge is 0.479 e. The molecule has 3 aliphatic rings. The van der Waals surface area contributed by atoms with Crippen molar-refractivity contribution in [3.05, 3.63) is 18.1 Å². The van der Waals surface area contributed by atoms with Crippen molar-refractivity contribution in [3.8, 4) is 5.88 Å². The van der Waals surface area contributed by atoms with E-state index in [4.69, 9.17) is 4.74 Å². The van der Waals surface area contributed by atoms with Crippen molar-refractivity contribution >= 4 is 5.78 Å². The van der Waals surface area contributed by atoms with E-state index in [1.807, 2.05) is 0 Å². The molecule has 94 valence electrons. The van der Waals surface area contributed by atoms with Gasteiger partial charge in [0.15, 0.2) is 11.5 Å². The minimum atomic E-state index is 0.159. The van der Waals surface area contributed by atoms with E-state index >= 15 is 0 Å². The van der Waals surface area contributed by atoms with Crippen LogP contribution in [0.25, 0.3) is 0 Å². The number of methoxy groups -OCH3 is 1. The van der Waals surface area contributed by atoms with Gasteiger partial charge in [0, 0.05) is 18.3 Å². The van der Waals surface area contributed by atoms with Crippen LogP contribution in [0.1, 0.15) is 29.8 Å². The summed E-state index contributed by atoms with van der Waals surface area (Å²) in [7, 11) is 1.54. The molecule has 0 spiro atoms. The molecule has 18 heavy (non-hydrogen) atoms. The van der Waals surface area contributed by atoms with E-state index < -0.39 is 0 Å². The lowest BCUT2D eigenvalue weighted by atomic mass is 9.98. The van der Waals surface area contributed by atoms with Crippen molar-refractivity contribution in [1.82, 2.24) is 9.97 Å². The van der Waals surface area contributed by atoms with Crippen LogP contribution in [0.3, 0.4) is 0 Å². The predicted octanol–water partition coefficient (Wildman–Crippen LogP) is 1.96. The van der Waals surface area contributed by atoms with E-state index in [0.29, 0.717) is 23.4 Å². The summed E-state index contributed by atoms with van der Waals surface area (Å²) >= 11 is 0. The molecule has 4 unspecified atom stereocenters. The highest BCUT2D eigenvalue weighted by Crippen LogP contribution is 2.70. The van der Waals surface area contributed by atoms with E-state index in [0.717, 1.165) is 11.8 Å². The van der Waals surface area contributed by atoms with Crippen LogP contribution >= 0.6 is 0 Å².